The fourth-order valence-corrected chi connectivity index (χ4v) is 2.03. The van der Waals surface area contributed by atoms with Crippen LogP contribution < -0.4 is 0 Å². The summed E-state index contributed by atoms with van der Waals surface area (Å²) in [7, 11) is 0. The third kappa shape index (κ3) is 1.67. The number of fused-ring (bicyclic) bond motifs is 1. The van der Waals surface area contributed by atoms with Crippen LogP contribution in [0.25, 0.3) is 0 Å². The van der Waals surface area contributed by atoms with Gasteiger partial charge in [0, 0.05) is 19.1 Å². The topological polar surface area (TPSA) is 3.24 Å². The molecule has 1 heterocycles. The highest BCUT2D eigenvalue weighted by Gasteiger charge is 2.19. The van der Waals surface area contributed by atoms with Gasteiger partial charge in [0.1, 0.15) is 5.82 Å². The lowest BCUT2D eigenvalue weighted by molar-refractivity contribution is 0.201. The van der Waals surface area contributed by atoms with Crippen molar-refractivity contribution in [2.24, 2.45) is 0 Å². The Morgan fingerprint density at radius 2 is 2.14 bits per heavy atom. The van der Waals surface area contributed by atoms with Crippen LogP contribution in [0.4, 0.5) is 4.39 Å². The zero-order valence-electron chi connectivity index (χ0n) is 8.76. The molecule has 0 aromatic heterocycles. The Morgan fingerprint density at radius 3 is 2.86 bits per heavy atom. The van der Waals surface area contributed by atoms with Crippen molar-refractivity contribution in [3.8, 4) is 0 Å². The second kappa shape index (κ2) is 3.70. The number of nitrogens with zero attached hydrogens (tertiary/aromatic N) is 1. The van der Waals surface area contributed by atoms with Gasteiger partial charge in [0.25, 0.3) is 0 Å². The minimum absolute atomic E-state index is 0.0362. The van der Waals surface area contributed by atoms with E-state index < -0.39 is 0 Å². The molecule has 0 unspecified atom stereocenters. The highest BCUT2D eigenvalue weighted by Crippen LogP contribution is 2.22. The summed E-state index contributed by atoms with van der Waals surface area (Å²) in [6, 6.07) is 5.95. The van der Waals surface area contributed by atoms with Gasteiger partial charge in [-0.25, -0.2) is 4.39 Å². The first-order valence-electron chi connectivity index (χ1n) is 5.19. The summed E-state index contributed by atoms with van der Waals surface area (Å²) in [6.07, 6.45) is 0.847. The van der Waals surface area contributed by atoms with Crippen LogP contribution in [0.1, 0.15) is 25.0 Å². The van der Waals surface area contributed by atoms with E-state index in [1.807, 2.05) is 6.07 Å². The maximum Gasteiger partial charge on any atom is 0.126 e. The maximum atomic E-state index is 13.4. The van der Waals surface area contributed by atoms with Gasteiger partial charge in [-0.05, 0) is 37.5 Å². The van der Waals surface area contributed by atoms with E-state index in [4.69, 9.17) is 0 Å². The Labute approximate surface area is 84.5 Å². The lowest BCUT2D eigenvalue weighted by atomic mass is 9.98. The van der Waals surface area contributed by atoms with Crippen molar-refractivity contribution >= 4 is 0 Å². The third-order valence-corrected chi connectivity index (χ3v) is 2.97. The molecule has 1 nitrogen and oxygen atoms in total. The van der Waals surface area contributed by atoms with Crippen molar-refractivity contribution in [3.63, 3.8) is 0 Å². The molecule has 14 heavy (non-hydrogen) atoms. The van der Waals surface area contributed by atoms with Crippen molar-refractivity contribution in [3.05, 3.63) is 35.1 Å². The van der Waals surface area contributed by atoms with Gasteiger partial charge in [0.05, 0.1) is 0 Å². The average Bonchev–Trinajstić information content (AvgIpc) is 2.17. The molecule has 1 aliphatic heterocycles. The maximum absolute atomic E-state index is 13.4. The highest BCUT2D eigenvalue weighted by atomic mass is 19.1. The molecule has 0 spiro atoms. The molecule has 1 aliphatic rings. The Hall–Kier alpha value is -0.890. The molecular formula is C12H16FN. The van der Waals surface area contributed by atoms with Crippen LogP contribution in [0.5, 0.6) is 0 Å². The van der Waals surface area contributed by atoms with Crippen molar-refractivity contribution in [1.82, 2.24) is 4.90 Å². The lowest BCUT2D eigenvalue weighted by Gasteiger charge is -2.31. The summed E-state index contributed by atoms with van der Waals surface area (Å²) in [5, 5.41) is 0. The average molecular weight is 193 g/mol. The van der Waals surface area contributed by atoms with Crippen molar-refractivity contribution < 1.29 is 4.39 Å². The molecule has 0 fully saturated rings. The minimum Gasteiger partial charge on any atom is -0.296 e. The first-order valence-corrected chi connectivity index (χ1v) is 5.19. The van der Waals surface area contributed by atoms with Crippen LogP contribution in [0.3, 0.4) is 0 Å². The van der Waals surface area contributed by atoms with E-state index in [9.17, 15) is 4.39 Å². The lowest BCUT2D eigenvalue weighted by Crippen LogP contribution is -2.36. The monoisotopic (exact) mass is 193 g/mol. The van der Waals surface area contributed by atoms with Crippen LogP contribution in [0.2, 0.25) is 0 Å². The minimum atomic E-state index is -0.0362. The first-order chi connectivity index (χ1) is 6.68. The van der Waals surface area contributed by atoms with E-state index >= 15 is 0 Å². The van der Waals surface area contributed by atoms with Gasteiger partial charge < -0.3 is 0 Å². The molecule has 76 valence electrons. The van der Waals surface area contributed by atoms with E-state index in [0.717, 1.165) is 30.6 Å². The summed E-state index contributed by atoms with van der Waals surface area (Å²) in [4.78, 5) is 2.38. The van der Waals surface area contributed by atoms with Gasteiger partial charge in [-0.1, -0.05) is 12.1 Å². The Bertz CT molecular complexity index is 333. The van der Waals surface area contributed by atoms with Gasteiger partial charge in [-0.3, -0.25) is 4.90 Å². The van der Waals surface area contributed by atoms with Crippen molar-refractivity contribution in [1.29, 1.82) is 0 Å². The summed E-state index contributed by atoms with van der Waals surface area (Å²) in [6.45, 7) is 6.24. The van der Waals surface area contributed by atoms with Crippen LogP contribution >= 0.6 is 0 Å². The third-order valence-electron chi connectivity index (χ3n) is 2.97. The molecule has 2 rings (SSSR count). The second-order valence-corrected chi connectivity index (χ2v) is 4.19. The van der Waals surface area contributed by atoms with Crippen LogP contribution in [-0.2, 0) is 13.0 Å². The first kappa shape index (κ1) is 9.66. The summed E-state index contributed by atoms with van der Waals surface area (Å²) >= 11 is 0. The molecule has 0 saturated carbocycles. The number of rotatable bonds is 1. The van der Waals surface area contributed by atoms with Gasteiger partial charge in [0.2, 0.25) is 0 Å². The van der Waals surface area contributed by atoms with E-state index in [2.05, 4.69) is 18.7 Å². The molecule has 1 aromatic carbocycles. The zero-order chi connectivity index (χ0) is 10.1. The van der Waals surface area contributed by atoms with Crippen molar-refractivity contribution in [2.45, 2.75) is 32.9 Å². The molecule has 0 atom stereocenters. The SMILES string of the molecule is CC(C)N1CCc2c(F)cccc2C1. The van der Waals surface area contributed by atoms with Crippen molar-refractivity contribution in [2.75, 3.05) is 6.54 Å². The molecule has 0 amide bonds. The number of halogens is 1. The molecule has 1 aromatic rings. The number of benzene rings is 1. The highest BCUT2D eigenvalue weighted by molar-refractivity contribution is 5.30. The number of hydrogen-bond donors (Lipinski definition) is 0. The molecule has 0 aliphatic carbocycles. The van der Waals surface area contributed by atoms with E-state index in [1.54, 1.807) is 12.1 Å². The molecule has 0 N–H and O–H groups in total. The second-order valence-electron chi connectivity index (χ2n) is 4.19. The van der Waals surface area contributed by atoms with Crippen LogP contribution in [0.15, 0.2) is 18.2 Å². The molecule has 0 bridgehead atoms. The predicted molar refractivity (Wildman–Crippen MR) is 55.7 cm³/mol. The van der Waals surface area contributed by atoms with E-state index in [0.29, 0.717) is 6.04 Å². The molecule has 0 radical (unpaired) electrons. The Morgan fingerprint density at radius 1 is 1.36 bits per heavy atom. The molecule has 2 heteroatoms. The number of hydrogen-bond acceptors (Lipinski definition) is 1. The fourth-order valence-electron chi connectivity index (χ4n) is 2.03. The summed E-state index contributed by atoms with van der Waals surface area (Å²) in [5.74, 6) is -0.0362. The standard InChI is InChI=1S/C12H16FN/c1-9(2)14-7-6-11-10(8-14)4-3-5-12(11)13/h3-5,9H,6-8H2,1-2H3. The van der Waals surface area contributed by atoms with Gasteiger partial charge in [-0.2, -0.15) is 0 Å². The predicted octanol–water partition coefficient (Wildman–Crippen LogP) is 2.59. The summed E-state index contributed by atoms with van der Waals surface area (Å²) in [5.41, 5.74) is 2.08. The Balaban J connectivity index is 2.27. The normalized spacial score (nSPS) is 17.1. The zero-order valence-corrected chi connectivity index (χ0v) is 8.76. The van der Waals surface area contributed by atoms with Crippen LogP contribution in [0, 0.1) is 5.82 Å². The smallest absolute Gasteiger partial charge is 0.126 e. The Kier molecular flexibility index (Phi) is 2.55. The van der Waals surface area contributed by atoms with Gasteiger partial charge in [-0.15, -0.1) is 0 Å². The summed E-state index contributed by atoms with van der Waals surface area (Å²) < 4.78 is 13.4. The van der Waals surface area contributed by atoms with Gasteiger partial charge in [0.15, 0.2) is 0 Å². The quantitative estimate of drug-likeness (QED) is 0.662. The molecular weight excluding hydrogens is 177 g/mol. The fraction of sp³-hybridized carbons (Fsp3) is 0.500. The van der Waals surface area contributed by atoms with E-state index in [-0.39, 0.29) is 5.82 Å². The largest absolute Gasteiger partial charge is 0.296 e. The molecule has 0 saturated heterocycles. The van der Waals surface area contributed by atoms with Crippen LogP contribution in [-0.4, -0.2) is 17.5 Å². The van der Waals surface area contributed by atoms with E-state index in [1.165, 1.54) is 0 Å². The van der Waals surface area contributed by atoms with Gasteiger partial charge >= 0.3 is 0 Å².